The number of rotatable bonds is 10. The van der Waals surface area contributed by atoms with Crippen LogP contribution in [0.25, 0.3) is 0 Å². The van der Waals surface area contributed by atoms with Gasteiger partial charge in [-0.2, -0.15) is 13.2 Å². The maximum absolute atomic E-state index is 13.4. The topological polar surface area (TPSA) is 111 Å². The van der Waals surface area contributed by atoms with Crippen LogP contribution in [0.15, 0.2) is 84.9 Å². The monoisotopic (exact) mass is 513 g/mol. The highest BCUT2D eigenvalue weighted by Crippen LogP contribution is 2.32. The van der Waals surface area contributed by atoms with Gasteiger partial charge in [-0.1, -0.05) is 78.9 Å². The molecule has 0 fully saturated rings. The van der Waals surface area contributed by atoms with Gasteiger partial charge < -0.3 is 21.1 Å². The first-order valence-corrected chi connectivity index (χ1v) is 11.4. The molecule has 0 aliphatic carbocycles. The molecule has 7 nitrogen and oxygen atoms in total. The summed E-state index contributed by atoms with van der Waals surface area (Å²) >= 11 is 0. The Morgan fingerprint density at radius 1 is 0.757 bits per heavy atom. The summed E-state index contributed by atoms with van der Waals surface area (Å²) in [4.78, 5) is 37.7. The Kier molecular flexibility index (Phi) is 9.26. The smallest absolute Gasteiger partial charge is 0.416 e. The largest absolute Gasteiger partial charge is 0.445 e. The van der Waals surface area contributed by atoms with Gasteiger partial charge in [0.25, 0.3) is 0 Å². The summed E-state index contributed by atoms with van der Waals surface area (Å²) in [6.45, 7) is -0.0372. The molecular weight excluding hydrogens is 487 g/mol. The minimum absolute atomic E-state index is 0.0372. The normalized spacial score (nSPS) is 12.7. The Morgan fingerprint density at radius 3 is 1.92 bits per heavy atom. The van der Waals surface area contributed by atoms with Crippen LogP contribution in [-0.4, -0.2) is 30.0 Å². The van der Waals surface area contributed by atoms with Crippen molar-refractivity contribution in [3.63, 3.8) is 0 Å². The minimum atomic E-state index is -4.65. The maximum Gasteiger partial charge on any atom is 0.416 e. The van der Waals surface area contributed by atoms with Crippen LogP contribution in [0.5, 0.6) is 0 Å². The zero-order chi connectivity index (χ0) is 26.8. The molecule has 0 saturated heterocycles. The highest BCUT2D eigenvalue weighted by molar-refractivity contribution is 5.91. The number of alkyl carbamates (subject to hydrolysis) is 1. The molecule has 2 atom stereocenters. The van der Waals surface area contributed by atoms with Gasteiger partial charge in [-0.15, -0.1) is 0 Å². The standard InChI is InChI=1S/C27H26F3N3O4/c28-27(29,30)21-14-8-7-13-20(21)16-22(24(31)34)32-25(35)23(15-18-9-3-1-4-10-18)33-26(36)37-17-19-11-5-2-6-12-19/h1-14,22-23H,15-17H2,(H2,31,34)(H,32,35)(H,33,36)/t22-,23-/m0/s1. The number of nitrogens with two attached hydrogens (primary N) is 1. The highest BCUT2D eigenvalue weighted by atomic mass is 19.4. The first-order chi connectivity index (χ1) is 17.6. The van der Waals surface area contributed by atoms with Gasteiger partial charge in [0, 0.05) is 12.8 Å². The second kappa shape index (κ2) is 12.6. The Balaban J connectivity index is 1.75. The third-order valence-corrected chi connectivity index (χ3v) is 5.51. The summed E-state index contributed by atoms with van der Waals surface area (Å²) in [5, 5.41) is 4.87. The fraction of sp³-hybridized carbons (Fsp3) is 0.222. The maximum atomic E-state index is 13.4. The van der Waals surface area contributed by atoms with Gasteiger partial charge in [-0.25, -0.2) is 4.79 Å². The number of carbonyl (C=O) groups is 3. The van der Waals surface area contributed by atoms with Crippen LogP contribution in [0.1, 0.15) is 22.3 Å². The molecule has 0 bridgehead atoms. The van der Waals surface area contributed by atoms with E-state index in [4.69, 9.17) is 10.5 Å². The fourth-order valence-electron chi connectivity index (χ4n) is 3.66. The van der Waals surface area contributed by atoms with Crippen molar-refractivity contribution in [2.24, 2.45) is 5.73 Å². The van der Waals surface area contributed by atoms with Crippen molar-refractivity contribution in [1.82, 2.24) is 10.6 Å². The van der Waals surface area contributed by atoms with Crippen LogP contribution in [0.3, 0.4) is 0 Å². The number of hydrogen-bond acceptors (Lipinski definition) is 4. The summed E-state index contributed by atoms with van der Waals surface area (Å²) in [6, 6.07) is 19.7. The van der Waals surface area contributed by atoms with E-state index < -0.39 is 48.2 Å². The first kappa shape index (κ1) is 27.3. The number of ether oxygens (including phenoxy) is 1. The second-order valence-electron chi connectivity index (χ2n) is 8.27. The Morgan fingerprint density at radius 2 is 1.32 bits per heavy atom. The molecule has 0 saturated carbocycles. The van der Waals surface area contributed by atoms with E-state index in [0.717, 1.165) is 11.6 Å². The molecule has 0 heterocycles. The summed E-state index contributed by atoms with van der Waals surface area (Å²) in [5.74, 6) is -1.82. The first-order valence-electron chi connectivity index (χ1n) is 11.4. The van der Waals surface area contributed by atoms with E-state index in [0.29, 0.717) is 5.56 Å². The zero-order valence-electron chi connectivity index (χ0n) is 19.7. The summed E-state index contributed by atoms with van der Waals surface area (Å²) in [6.07, 6.45) is -5.97. The van der Waals surface area contributed by atoms with Crippen molar-refractivity contribution in [3.8, 4) is 0 Å². The van der Waals surface area contributed by atoms with Crippen LogP contribution >= 0.6 is 0 Å². The number of hydrogen-bond donors (Lipinski definition) is 3. The average molecular weight is 514 g/mol. The van der Waals surface area contributed by atoms with Crippen molar-refractivity contribution >= 4 is 17.9 Å². The third-order valence-electron chi connectivity index (χ3n) is 5.51. The van der Waals surface area contributed by atoms with Crippen molar-refractivity contribution in [2.45, 2.75) is 37.7 Å². The highest BCUT2D eigenvalue weighted by Gasteiger charge is 2.34. The molecule has 0 aliphatic heterocycles. The number of halogens is 3. The molecule has 0 spiro atoms. The lowest BCUT2D eigenvalue weighted by Gasteiger charge is -2.23. The molecule has 3 amide bonds. The minimum Gasteiger partial charge on any atom is -0.445 e. The molecular formula is C27H26F3N3O4. The van der Waals surface area contributed by atoms with Crippen molar-refractivity contribution in [2.75, 3.05) is 0 Å². The molecule has 10 heteroatoms. The van der Waals surface area contributed by atoms with Crippen LogP contribution in [0, 0.1) is 0 Å². The van der Waals surface area contributed by atoms with Crippen LogP contribution in [0.4, 0.5) is 18.0 Å². The third kappa shape index (κ3) is 8.38. The quantitative estimate of drug-likeness (QED) is 0.384. The Labute approximate surface area is 211 Å². The number of primary amides is 1. The molecule has 0 aliphatic rings. The molecule has 0 unspecified atom stereocenters. The van der Waals surface area contributed by atoms with Gasteiger partial charge in [0.2, 0.25) is 11.8 Å². The van der Waals surface area contributed by atoms with E-state index in [2.05, 4.69) is 10.6 Å². The molecule has 3 rings (SSSR count). The SMILES string of the molecule is NC(=O)[C@H](Cc1ccccc1C(F)(F)F)NC(=O)[C@H](Cc1ccccc1)NC(=O)OCc1ccccc1. The van der Waals surface area contributed by atoms with E-state index in [9.17, 15) is 27.6 Å². The van der Waals surface area contributed by atoms with Crippen molar-refractivity contribution in [1.29, 1.82) is 0 Å². The summed E-state index contributed by atoms with van der Waals surface area (Å²) in [5.41, 5.74) is 5.71. The van der Waals surface area contributed by atoms with E-state index >= 15 is 0 Å². The van der Waals surface area contributed by atoms with Gasteiger partial charge in [0.15, 0.2) is 0 Å². The van der Waals surface area contributed by atoms with Gasteiger partial charge in [0.05, 0.1) is 5.56 Å². The van der Waals surface area contributed by atoms with Crippen LogP contribution < -0.4 is 16.4 Å². The van der Waals surface area contributed by atoms with Crippen LogP contribution in [0.2, 0.25) is 0 Å². The summed E-state index contributed by atoms with van der Waals surface area (Å²) < 4.78 is 45.4. The van der Waals surface area contributed by atoms with Crippen LogP contribution in [-0.2, 0) is 40.0 Å². The van der Waals surface area contributed by atoms with Crippen molar-refractivity contribution in [3.05, 3.63) is 107 Å². The van der Waals surface area contributed by atoms with E-state index in [1.54, 1.807) is 54.6 Å². The van der Waals surface area contributed by atoms with E-state index in [1.165, 1.54) is 18.2 Å². The lowest BCUT2D eigenvalue weighted by Crippen LogP contribution is -2.54. The molecule has 0 radical (unpaired) electrons. The predicted molar refractivity (Wildman–Crippen MR) is 130 cm³/mol. The fourth-order valence-corrected chi connectivity index (χ4v) is 3.66. The molecule has 37 heavy (non-hydrogen) atoms. The average Bonchev–Trinajstić information content (AvgIpc) is 2.87. The molecule has 4 N–H and O–H groups in total. The van der Waals surface area contributed by atoms with E-state index in [1.807, 2.05) is 6.07 Å². The van der Waals surface area contributed by atoms with Crippen molar-refractivity contribution < 1.29 is 32.3 Å². The number of benzene rings is 3. The lowest BCUT2D eigenvalue weighted by atomic mass is 9.98. The number of nitrogens with one attached hydrogen (secondary N) is 2. The van der Waals surface area contributed by atoms with Gasteiger partial charge >= 0.3 is 12.3 Å². The van der Waals surface area contributed by atoms with Gasteiger partial charge in [0.1, 0.15) is 18.7 Å². The van der Waals surface area contributed by atoms with Gasteiger partial charge in [-0.3, -0.25) is 9.59 Å². The van der Waals surface area contributed by atoms with Gasteiger partial charge in [-0.05, 0) is 22.8 Å². The Bertz CT molecular complexity index is 1200. The second-order valence-corrected chi connectivity index (χ2v) is 8.27. The number of carbonyl (C=O) groups excluding carboxylic acids is 3. The predicted octanol–water partition coefficient (Wildman–Crippen LogP) is 3.76. The molecule has 194 valence electrons. The summed E-state index contributed by atoms with van der Waals surface area (Å²) in [7, 11) is 0. The lowest BCUT2D eigenvalue weighted by molar-refractivity contribution is -0.138. The number of alkyl halides is 3. The van der Waals surface area contributed by atoms with E-state index in [-0.39, 0.29) is 18.6 Å². The molecule has 3 aromatic rings. The zero-order valence-corrected chi connectivity index (χ0v) is 19.7. The Hall–Kier alpha value is -4.34. The molecule has 0 aromatic heterocycles. The number of amides is 3. The molecule has 3 aromatic carbocycles.